The first-order valence-electron chi connectivity index (χ1n) is 5.94. The second-order valence-electron chi connectivity index (χ2n) is 4.12. The highest BCUT2D eigenvalue weighted by molar-refractivity contribution is 6.31. The summed E-state index contributed by atoms with van der Waals surface area (Å²) in [6, 6.07) is 13.5. The molecule has 0 aliphatic rings. The van der Waals surface area contributed by atoms with Crippen molar-refractivity contribution in [2.45, 2.75) is 12.8 Å². The maximum absolute atomic E-state index is 13.3. The highest BCUT2D eigenvalue weighted by atomic mass is 35.5. The van der Waals surface area contributed by atoms with Crippen molar-refractivity contribution in [3.8, 4) is 0 Å². The summed E-state index contributed by atoms with van der Waals surface area (Å²) in [4.78, 5) is 11.7. The van der Waals surface area contributed by atoms with Crippen LogP contribution in [0.5, 0.6) is 0 Å². The van der Waals surface area contributed by atoms with E-state index >= 15 is 0 Å². The summed E-state index contributed by atoms with van der Waals surface area (Å²) in [7, 11) is 0. The van der Waals surface area contributed by atoms with Crippen LogP contribution in [0.4, 0.5) is 10.1 Å². The van der Waals surface area contributed by atoms with Gasteiger partial charge in [-0.2, -0.15) is 0 Å². The summed E-state index contributed by atoms with van der Waals surface area (Å²) in [5.74, 6) is -0.668. The Morgan fingerprint density at radius 3 is 2.53 bits per heavy atom. The Kier molecular flexibility index (Phi) is 4.53. The van der Waals surface area contributed by atoms with E-state index in [0.29, 0.717) is 11.4 Å². The molecule has 2 nitrogen and oxygen atoms in total. The van der Waals surface area contributed by atoms with Gasteiger partial charge in [0, 0.05) is 11.4 Å². The third-order valence-electron chi connectivity index (χ3n) is 2.73. The first-order chi connectivity index (χ1) is 9.16. The van der Waals surface area contributed by atoms with Gasteiger partial charge in [0.1, 0.15) is 5.82 Å². The van der Waals surface area contributed by atoms with Crippen molar-refractivity contribution < 1.29 is 9.18 Å². The predicted molar refractivity (Wildman–Crippen MR) is 74.8 cm³/mol. The van der Waals surface area contributed by atoms with Crippen LogP contribution in [0.3, 0.4) is 0 Å². The molecule has 0 fully saturated rings. The van der Waals surface area contributed by atoms with E-state index in [4.69, 9.17) is 11.6 Å². The minimum atomic E-state index is -0.436. The average molecular weight is 278 g/mol. The first kappa shape index (κ1) is 13.6. The Balaban J connectivity index is 1.92. The van der Waals surface area contributed by atoms with Gasteiger partial charge in [-0.1, -0.05) is 41.9 Å². The molecule has 0 unspecified atom stereocenters. The zero-order chi connectivity index (χ0) is 13.7. The number of nitrogens with one attached hydrogen (secondary N) is 1. The van der Waals surface area contributed by atoms with E-state index < -0.39 is 5.82 Å². The number of rotatable bonds is 4. The van der Waals surface area contributed by atoms with Crippen LogP contribution >= 0.6 is 11.6 Å². The maximum Gasteiger partial charge on any atom is 0.224 e. The topological polar surface area (TPSA) is 29.1 Å². The van der Waals surface area contributed by atoms with Crippen molar-refractivity contribution in [2.75, 3.05) is 5.32 Å². The number of hydrogen-bond donors (Lipinski definition) is 1. The van der Waals surface area contributed by atoms with Gasteiger partial charge in [-0.05, 0) is 30.2 Å². The summed E-state index contributed by atoms with van der Waals surface area (Å²) >= 11 is 6.00. The van der Waals surface area contributed by atoms with Crippen molar-refractivity contribution >= 4 is 23.2 Å². The fourth-order valence-corrected chi connectivity index (χ4v) is 1.95. The van der Waals surface area contributed by atoms with Gasteiger partial charge in [0.15, 0.2) is 0 Å². The minimum Gasteiger partial charge on any atom is -0.324 e. The van der Waals surface area contributed by atoms with Crippen molar-refractivity contribution in [3.05, 3.63) is 64.9 Å². The number of anilines is 1. The van der Waals surface area contributed by atoms with Gasteiger partial charge in [0.05, 0.1) is 5.69 Å². The Morgan fingerprint density at radius 1 is 1.11 bits per heavy atom. The number of carbonyl (C=O) groups excluding carboxylic acids is 1. The molecule has 4 heteroatoms. The van der Waals surface area contributed by atoms with E-state index in [9.17, 15) is 9.18 Å². The largest absolute Gasteiger partial charge is 0.324 e. The van der Waals surface area contributed by atoms with Crippen LogP contribution in [-0.2, 0) is 11.2 Å². The number of aryl methyl sites for hydroxylation is 1. The number of carbonyl (C=O) groups is 1. The Hall–Kier alpha value is -1.87. The highest BCUT2D eigenvalue weighted by Gasteiger charge is 2.07. The SMILES string of the molecule is O=C(CCc1ccccc1Cl)Nc1ccccc1F. The lowest BCUT2D eigenvalue weighted by Crippen LogP contribution is -2.13. The number of halogens is 2. The lowest BCUT2D eigenvalue weighted by atomic mass is 10.1. The van der Waals surface area contributed by atoms with Gasteiger partial charge in [-0.25, -0.2) is 4.39 Å². The second kappa shape index (κ2) is 6.34. The zero-order valence-corrected chi connectivity index (χ0v) is 11.0. The normalized spacial score (nSPS) is 10.2. The summed E-state index contributed by atoms with van der Waals surface area (Å²) < 4.78 is 13.3. The Labute approximate surface area is 116 Å². The van der Waals surface area contributed by atoms with Crippen LogP contribution < -0.4 is 5.32 Å². The van der Waals surface area contributed by atoms with Gasteiger partial charge in [0.2, 0.25) is 5.91 Å². The van der Waals surface area contributed by atoms with Crippen LogP contribution in [0, 0.1) is 5.82 Å². The lowest BCUT2D eigenvalue weighted by Gasteiger charge is -2.07. The summed E-state index contributed by atoms with van der Waals surface area (Å²) in [5.41, 5.74) is 1.11. The van der Waals surface area contributed by atoms with Crippen molar-refractivity contribution in [3.63, 3.8) is 0 Å². The van der Waals surface area contributed by atoms with Gasteiger partial charge in [-0.3, -0.25) is 4.79 Å². The molecule has 0 atom stereocenters. The third-order valence-corrected chi connectivity index (χ3v) is 3.10. The number of hydrogen-bond acceptors (Lipinski definition) is 1. The van der Waals surface area contributed by atoms with Gasteiger partial charge in [0.25, 0.3) is 0 Å². The Morgan fingerprint density at radius 2 is 1.79 bits per heavy atom. The van der Waals surface area contributed by atoms with Crippen molar-refractivity contribution in [1.82, 2.24) is 0 Å². The smallest absolute Gasteiger partial charge is 0.224 e. The lowest BCUT2D eigenvalue weighted by molar-refractivity contribution is -0.116. The van der Waals surface area contributed by atoms with Crippen LogP contribution in [0.2, 0.25) is 5.02 Å². The molecule has 1 N–H and O–H groups in total. The van der Waals surface area contributed by atoms with Crippen LogP contribution in [0.25, 0.3) is 0 Å². The van der Waals surface area contributed by atoms with E-state index in [0.717, 1.165) is 5.56 Å². The quantitative estimate of drug-likeness (QED) is 0.897. The standard InChI is InChI=1S/C15H13ClFNO/c16-12-6-2-1-5-11(12)9-10-15(19)18-14-8-4-3-7-13(14)17/h1-8H,9-10H2,(H,18,19). The van der Waals surface area contributed by atoms with E-state index in [1.54, 1.807) is 18.2 Å². The molecule has 19 heavy (non-hydrogen) atoms. The molecule has 1 amide bonds. The summed E-state index contributed by atoms with van der Waals surface area (Å²) in [6.07, 6.45) is 0.790. The van der Waals surface area contributed by atoms with Gasteiger partial charge in [-0.15, -0.1) is 0 Å². The molecule has 0 aromatic heterocycles. The van der Waals surface area contributed by atoms with E-state index in [2.05, 4.69) is 5.32 Å². The molecule has 0 saturated carbocycles. The molecular weight excluding hydrogens is 265 g/mol. The molecule has 0 spiro atoms. The van der Waals surface area contributed by atoms with Crippen LogP contribution in [0.1, 0.15) is 12.0 Å². The van der Waals surface area contributed by atoms with Crippen molar-refractivity contribution in [2.24, 2.45) is 0 Å². The molecule has 2 rings (SSSR count). The van der Waals surface area contributed by atoms with Crippen LogP contribution in [-0.4, -0.2) is 5.91 Å². The van der Waals surface area contributed by atoms with Gasteiger partial charge >= 0.3 is 0 Å². The van der Waals surface area contributed by atoms with Crippen molar-refractivity contribution in [1.29, 1.82) is 0 Å². The molecule has 0 bridgehead atoms. The molecule has 0 aliphatic heterocycles. The highest BCUT2D eigenvalue weighted by Crippen LogP contribution is 2.17. The minimum absolute atomic E-state index is 0.201. The summed E-state index contributed by atoms with van der Waals surface area (Å²) in [6.45, 7) is 0. The predicted octanol–water partition coefficient (Wildman–Crippen LogP) is 4.05. The fraction of sp³-hybridized carbons (Fsp3) is 0.133. The molecule has 2 aromatic carbocycles. The number of amides is 1. The third kappa shape index (κ3) is 3.80. The first-order valence-corrected chi connectivity index (χ1v) is 6.32. The molecule has 0 aliphatic carbocycles. The fourth-order valence-electron chi connectivity index (χ4n) is 1.72. The molecular formula is C15H13ClFNO. The van der Waals surface area contributed by atoms with E-state index in [1.807, 2.05) is 18.2 Å². The monoisotopic (exact) mass is 277 g/mol. The summed E-state index contributed by atoms with van der Waals surface area (Å²) in [5, 5.41) is 3.18. The molecule has 0 saturated heterocycles. The van der Waals surface area contributed by atoms with Gasteiger partial charge < -0.3 is 5.32 Å². The van der Waals surface area contributed by atoms with E-state index in [1.165, 1.54) is 12.1 Å². The maximum atomic E-state index is 13.3. The molecule has 0 heterocycles. The number of para-hydroxylation sites is 1. The van der Waals surface area contributed by atoms with Crippen LogP contribution in [0.15, 0.2) is 48.5 Å². The Bertz CT molecular complexity index is 586. The molecule has 0 radical (unpaired) electrons. The molecule has 98 valence electrons. The second-order valence-corrected chi connectivity index (χ2v) is 4.53. The molecule has 2 aromatic rings. The van der Waals surface area contributed by atoms with E-state index in [-0.39, 0.29) is 18.0 Å². The average Bonchev–Trinajstić information content (AvgIpc) is 2.40. The number of benzene rings is 2. The zero-order valence-electron chi connectivity index (χ0n) is 10.2.